The van der Waals surface area contributed by atoms with E-state index in [4.69, 9.17) is 5.73 Å². The van der Waals surface area contributed by atoms with Crippen LogP contribution in [-0.2, 0) is 9.59 Å². The first-order chi connectivity index (χ1) is 11.5. The van der Waals surface area contributed by atoms with Crippen molar-refractivity contribution in [3.05, 3.63) is 0 Å². The monoisotopic (exact) mass is 337 g/mol. The zero-order valence-electron chi connectivity index (χ0n) is 15.4. The molecule has 0 radical (unpaired) electrons. The number of carbonyl (C=O) groups excluding carboxylic acids is 2. The third-order valence-corrected chi connectivity index (χ3v) is 5.56. The van der Waals surface area contributed by atoms with Gasteiger partial charge in [-0.05, 0) is 50.9 Å². The van der Waals surface area contributed by atoms with Crippen molar-refractivity contribution < 1.29 is 9.59 Å². The van der Waals surface area contributed by atoms with Crippen molar-refractivity contribution >= 4 is 11.8 Å². The predicted octanol–water partition coefficient (Wildman–Crippen LogP) is 2.34. The Hall–Kier alpha value is -1.10. The van der Waals surface area contributed by atoms with Gasteiger partial charge in [-0.1, -0.05) is 26.7 Å². The number of nitrogens with two attached hydrogens (primary N) is 1. The number of rotatable bonds is 7. The van der Waals surface area contributed by atoms with Crippen LogP contribution >= 0.6 is 0 Å². The highest BCUT2D eigenvalue weighted by Gasteiger charge is 2.30. The molecule has 0 aliphatic heterocycles. The van der Waals surface area contributed by atoms with Gasteiger partial charge in [0.1, 0.15) is 0 Å². The molecule has 4 N–H and O–H groups in total. The molecule has 24 heavy (non-hydrogen) atoms. The molecule has 0 aromatic rings. The van der Waals surface area contributed by atoms with E-state index in [-0.39, 0.29) is 35.7 Å². The van der Waals surface area contributed by atoms with Crippen LogP contribution in [0.1, 0.15) is 71.6 Å². The molecule has 2 amide bonds. The van der Waals surface area contributed by atoms with Gasteiger partial charge in [0, 0.05) is 30.5 Å². The molecular formula is C19H35N3O2. The van der Waals surface area contributed by atoms with Crippen molar-refractivity contribution in [3.63, 3.8) is 0 Å². The van der Waals surface area contributed by atoms with Crippen LogP contribution in [0.4, 0.5) is 0 Å². The van der Waals surface area contributed by atoms with E-state index in [9.17, 15) is 9.59 Å². The van der Waals surface area contributed by atoms with Crippen LogP contribution < -0.4 is 16.4 Å². The lowest BCUT2D eigenvalue weighted by atomic mass is 9.85. The summed E-state index contributed by atoms with van der Waals surface area (Å²) in [6.07, 6.45) is 8.92. The average molecular weight is 338 g/mol. The lowest BCUT2D eigenvalue weighted by molar-refractivity contribution is -0.127. The number of hydrogen-bond acceptors (Lipinski definition) is 3. The lowest BCUT2D eigenvalue weighted by Crippen LogP contribution is -2.46. The molecule has 0 heterocycles. The maximum absolute atomic E-state index is 12.4. The normalized spacial score (nSPS) is 26.3. The van der Waals surface area contributed by atoms with Gasteiger partial charge in [-0.25, -0.2) is 0 Å². The van der Waals surface area contributed by atoms with Crippen LogP contribution in [-0.4, -0.2) is 30.4 Å². The van der Waals surface area contributed by atoms with Crippen LogP contribution in [0.3, 0.4) is 0 Å². The Morgan fingerprint density at radius 2 is 1.54 bits per heavy atom. The summed E-state index contributed by atoms with van der Waals surface area (Å²) in [5.74, 6) is 1.21. The summed E-state index contributed by atoms with van der Waals surface area (Å²) in [6.45, 7) is 4.79. The first-order valence-electron chi connectivity index (χ1n) is 9.80. The molecule has 138 valence electrons. The summed E-state index contributed by atoms with van der Waals surface area (Å²) in [6, 6.07) is 0.334. The Kier molecular flexibility index (Phi) is 7.53. The quantitative estimate of drug-likeness (QED) is 0.667. The molecular weight excluding hydrogens is 302 g/mol. The number of nitrogens with one attached hydrogen (secondary N) is 2. The molecule has 2 aliphatic rings. The van der Waals surface area contributed by atoms with Gasteiger partial charge in [0.05, 0.1) is 0 Å². The molecule has 0 aromatic carbocycles. The minimum Gasteiger partial charge on any atom is -0.353 e. The molecule has 0 spiro atoms. The van der Waals surface area contributed by atoms with Gasteiger partial charge in [0.15, 0.2) is 0 Å². The van der Waals surface area contributed by atoms with Gasteiger partial charge in [0.2, 0.25) is 11.8 Å². The van der Waals surface area contributed by atoms with Gasteiger partial charge in [-0.3, -0.25) is 9.59 Å². The van der Waals surface area contributed by atoms with Crippen LogP contribution in [0.2, 0.25) is 0 Å². The van der Waals surface area contributed by atoms with Gasteiger partial charge in [0.25, 0.3) is 0 Å². The Balaban J connectivity index is 1.71. The number of hydrogen-bond donors (Lipinski definition) is 3. The van der Waals surface area contributed by atoms with Crippen LogP contribution in [0.5, 0.6) is 0 Å². The first kappa shape index (κ1) is 19.2. The van der Waals surface area contributed by atoms with Crippen LogP contribution in [0, 0.1) is 17.8 Å². The maximum atomic E-state index is 12.4. The third-order valence-electron chi connectivity index (χ3n) is 5.56. The molecule has 2 fully saturated rings. The highest BCUT2D eigenvalue weighted by atomic mass is 16.2. The summed E-state index contributed by atoms with van der Waals surface area (Å²) in [7, 11) is 0. The van der Waals surface area contributed by atoms with Crippen molar-refractivity contribution in [2.45, 2.75) is 83.7 Å². The minimum absolute atomic E-state index is 0.0749. The Morgan fingerprint density at radius 1 is 0.958 bits per heavy atom. The summed E-state index contributed by atoms with van der Waals surface area (Å²) in [5, 5.41) is 6.32. The number of amides is 2. The molecule has 1 unspecified atom stereocenters. The van der Waals surface area contributed by atoms with E-state index < -0.39 is 0 Å². The van der Waals surface area contributed by atoms with E-state index >= 15 is 0 Å². The second-order valence-corrected chi connectivity index (χ2v) is 8.11. The van der Waals surface area contributed by atoms with Crippen molar-refractivity contribution in [2.24, 2.45) is 23.5 Å². The van der Waals surface area contributed by atoms with Crippen LogP contribution in [0.25, 0.3) is 0 Å². The van der Waals surface area contributed by atoms with Gasteiger partial charge in [-0.15, -0.1) is 0 Å². The molecule has 0 bridgehead atoms. The van der Waals surface area contributed by atoms with Crippen LogP contribution in [0.15, 0.2) is 0 Å². The predicted molar refractivity (Wildman–Crippen MR) is 96.3 cm³/mol. The largest absolute Gasteiger partial charge is 0.353 e. The lowest BCUT2D eigenvalue weighted by Gasteiger charge is -2.30. The van der Waals surface area contributed by atoms with Gasteiger partial charge in [-0.2, -0.15) is 0 Å². The molecule has 2 rings (SSSR count). The third kappa shape index (κ3) is 5.76. The fraction of sp³-hybridized carbons (Fsp3) is 0.895. The molecule has 5 nitrogen and oxygen atoms in total. The molecule has 0 saturated heterocycles. The maximum Gasteiger partial charge on any atom is 0.223 e. The second-order valence-electron chi connectivity index (χ2n) is 8.11. The Labute approximate surface area is 146 Å². The van der Waals surface area contributed by atoms with Gasteiger partial charge < -0.3 is 16.4 Å². The topological polar surface area (TPSA) is 84.2 Å². The average Bonchev–Trinajstić information content (AvgIpc) is 3.09. The van der Waals surface area contributed by atoms with Crippen molar-refractivity contribution in [1.82, 2.24) is 10.6 Å². The Morgan fingerprint density at radius 3 is 2.08 bits per heavy atom. The van der Waals surface area contributed by atoms with Gasteiger partial charge >= 0.3 is 0 Å². The van der Waals surface area contributed by atoms with Crippen molar-refractivity contribution in [2.75, 3.05) is 6.54 Å². The smallest absolute Gasteiger partial charge is 0.223 e. The van der Waals surface area contributed by atoms with E-state index in [1.807, 2.05) is 0 Å². The highest BCUT2D eigenvalue weighted by molar-refractivity contribution is 5.80. The zero-order chi connectivity index (χ0) is 17.5. The van der Waals surface area contributed by atoms with E-state index in [1.165, 1.54) is 12.8 Å². The summed E-state index contributed by atoms with van der Waals surface area (Å²) < 4.78 is 0. The zero-order valence-corrected chi connectivity index (χ0v) is 15.4. The summed E-state index contributed by atoms with van der Waals surface area (Å²) in [4.78, 5) is 24.6. The fourth-order valence-corrected chi connectivity index (χ4v) is 4.11. The molecule has 1 atom stereocenters. The highest BCUT2D eigenvalue weighted by Crippen LogP contribution is 2.28. The fourth-order valence-electron chi connectivity index (χ4n) is 4.11. The SMILES string of the molecule is CC(C)CC(CN)NC(=O)C1CCC(NC(=O)C2CCCC2)CC1. The molecule has 0 aromatic heterocycles. The van der Waals surface area contributed by atoms with E-state index in [0.29, 0.717) is 12.5 Å². The second kappa shape index (κ2) is 9.40. The standard InChI is InChI=1S/C19H35N3O2/c1-13(2)11-17(12-20)22-19(24)15-7-9-16(10-8-15)21-18(23)14-5-3-4-6-14/h13-17H,3-12,20H2,1-2H3,(H,21,23)(H,22,24). The minimum atomic E-state index is 0.0749. The van der Waals surface area contributed by atoms with Crippen molar-refractivity contribution in [1.29, 1.82) is 0 Å². The van der Waals surface area contributed by atoms with Crippen molar-refractivity contribution in [3.8, 4) is 0 Å². The summed E-state index contributed by atoms with van der Waals surface area (Å²) >= 11 is 0. The first-order valence-corrected chi connectivity index (χ1v) is 9.80. The van der Waals surface area contributed by atoms with E-state index in [2.05, 4.69) is 24.5 Å². The molecule has 2 aliphatic carbocycles. The summed E-state index contributed by atoms with van der Waals surface area (Å²) in [5.41, 5.74) is 5.77. The molecule has 5 heteroatoms. The van der Waals surface area contributed by atoms with E-state index in [0.717, 1.165) is 44.9 Å². The van der Waals surface area contributed by atoms with E-state index in [1.54, 1.807) is 0 Å². The number of carbonyl (C=O) groups is 2. The molecule has 2 saturated carbocycles. The Bertz CT molecular complexity index is 411.